The van der Waals surface area contributed by atoms with E-state index in [-0.39, 0.29) is 23.7 Å². The third-order valence-electron chi connectivity index (χ3n) is 5.27. The molecule has 1 N–H and O–H groups in total. The molecule has 0 bridgehead atoms. The van der Waals surface area contributed by atoms with Gasteiger partial charge in [0.15, 0.2) is 0 Å². The number of carbonyl (C=O) groups excluding carboxylic acids is 2. The van der Waals surface area contributed by atoms with Crippen LogP contribution in [0.1, 0.15) is 30.9 Å². The van der Waals surface area contributed by atoms with Gasteiger partial charge in [-0.25, -0.2) is 13.8 Å². The average Bonchev–Trinajstić information content (AvgIpc) is 3.32. The summed E-state index contributed by atoms with van der Waals surface area (Å²) < 4.78 is 33.8. The van der Waals surface area contributed by atoms with Crippen LogP contribution >= 0.6 is 11.6 Å². The number of nitrogens with one attached hydrogen (secondary N) is 1. The van der Waals surface area contributed by atoms with Gasteiger partial charge in [-0.2, -0.15) is 9.41 Å². The molecule has 2 aromatic carbocycles. The van der Waals surface area contributed by atoms with Crippen molar-refractivity contribution in [3.63, 3.8) is 0 Å². The molecule has 0 radical (unpaired) electrons. The van der Waals surface area contributed by atoms with Gasteiger partial charge in [0.1, 0.15) is 11.5 Å². The second kappa shape index (κ2) is 12.5. The van der Waals surface area contributed by atoms with E-state index in [1.54, 1.807) is 26.0 Å². The van der Waals surface area contributed by atoms with Gasteiger partial charge < -0.3 is 9.32 Å². The van der Waals surface area contributed by atoms with Crippen LogP contribution in [0.3, 0.4) is 0 Å². The summed E-state index contributed by atoms with van der Waals surface area (Å²) in [5.41, 5.74) is 2.98. The molecule has 36 heavy (non-hydrogen) atoms. The Morgan fingerprint density at radius 2 is 1.64 bits per heavy atom. The largest absolute Gasteiger partial charge is 0.459 e. The number of furan rings is 1. The summed E-state index contributed by atoms with van der Waals surface area (Å²) in [6, 6.07) is 18.4. The van der Waals surface area contributed by atoms with Crippen LogP contribution in [0.5, 0.6) is 0 Å². The number of rotatable bonds is 10. The molecule has 3 aromatic rings. The fourth-order valence-corrected chi connectivity index (χ4v) is 4.87. The van der Waals surface area contributed by atoms with Crippen LogP contribution in [-0.4, -0.2) is 48.7 Å². The lowest BCUT2D eigenvalue weighted by Crippen LogP contribution is -2.41. The average molecular weight is 531 g/mol. The Morgan fingerprint density at radius 1 is 0.972 bits per heavy atom. The topological polar surface area (TPSA) is 112 Å². The van der Waals surface area contributed by atoms with Gasteiger partial charge >= 0.3 is 11.8 Å². The Morgan fingerprint density at radius 3 is 2.28 bits per heavy atom. The van der Waals surface area contributed by atoms with Gasteiger partial charge in [0.2, 0.25) is 10.0 Å². The van der Waals surface area contributed by atoms with Gasteiger partial charge in [0.05, 0.1) is 17.7 Å². The molecule has 0 aliphatic rings. The third-order valence-corrected chi connectivity index (χ3v) is 7.33. The van der Waals surface area contributed by atoms with E-state index in [1.807, 2.05) is 30.3 Å². The summed E-state index contributed by atoms with van der Waals surface area (Å²) in [5.74, 6) is -0.884. The van der Waals surface area contributed by atoms with Crippen LogP contribution < -0.4 is 5.43 Å². The minimum atomic E-state index is -3.87. The lowest BCUT2D eigenvalue weighted by Gasteiger charge is -2.21. The van der Waals surface area contributed by atoms with Gasteiger partial charge in [-0.05, 0) is 55.8 Å². The summed E-state index contributed by atoms with van der Waals surface area (Å²) in [5, 5.41) is 4.20. The smallest absolute Gasteiger partial charge is 0.329 e. The number of nitrogens with zero attached hydrogens (tertiary/aromatic N) is 3. The Labute approximate surface area is 215 Å². The van der Waals surface area contributed by atoms with Gasteiger partial charge in [-0.3, -0.25) is 9.59 Å². The van der Waals surface area contributed by atoms with Crippen molar-refractivity contribution in [2.75, 3.05) is 13.1 Å². The van der Waals surface area contributed by atoms with Crippen LogP contribution in [0.15, 0.2) is 81.1 Å². The molecule has 0 unspecified atom stereocenters. The van der Waals surface area contributed by atoms with Gasteiger partial charge in [-0.15, -0.1) is 0 Å². The number of benzene rings is 2. The molecule has 0 aliphatic carbocycles. The highest BCUT2D eigenvalue weighted by Gasteiger charge is 2.26. The molecule has 0 saturated heterocycles. The van der Waals surface area contributed by atoms with Gasteiger partial charge in [-0.1, -0.05) is 41.9 Å². The van der Waals surface area contributed by atoms with Crippen molar-refractivity contribution in [3.05, 3.63) is 88.8 Å². The Bertz CT molecular complexity index is 1300. The highest BCUT2D eigenvalue weighted by molar-refractivity contribution is 7.89. The van der Waals surface area contributed by atoms with E-state index in [0.29, 0.717) is 23.9 Å². The molecule has 1 aromatic heterocycles. The molecule has 0 aliphatic heterocycles. The zero-order valence-electron chi connectivity index (χ0n) is 19.9. The van der Waals surface area contributed by atoms with Crippen LogP contribution in [0, 0.1) is 0 Å². The van der Waals surface area contributed by atoms with E-state index >= 15 is 0 Å². The number of halogens is 1. The molecule has 0 saturated carbocycles. The minimum absolute atomic E-state index is 0.0412. The second-order valence-corrected chi connectivity index (χ2v) is 10.1. The SMILES string of the molecule is CCN(CC)C(=O)C(=O)N/N=C/c1ccc(CN(Cc2ccccc2)S(=O)(=O)c2ccc(Cl)cc2)o1. The van der Waals surface area contributed by atoms with Crippen molar-refractivity contribution < 1.29 is 22.4 Å². The lowest BCUT2D eigenvalue weighted by molar-refractivity contribution is -0.145. The molecule has 0 fully saturated rings. The third kappa shape index (κ3) is 7.03. The maximum absolute atomic E-state index is 13.4. The predicted octanol–water partition coefficient (Wildman–Crippen LogP) is 3.64. The predicted molar refractivity (Wildman–Crippen MR) is 137 cm³/mol. The fourth-order valence-electron chi connectivity index (χ4n) is 3.35. The summed E-state index contributed by atoms with van der Waals surface area (Å²) >= 11 is 5.93. The molecule has 2 amide bonds. The molecular formula is C25H27ClN4O5S. The van der Waals surface area contributed by atoms with Crippen LogP contribution in [0.25, 0.3) is 0 Å². The Balaban J connectivity index is 1.75. The minimum Gasteiger partial charge on any atom is -0.459 e. The van der Waals surface area contributed by atoms with E-state index in [2.05, 4.69) is 10.5 Å². The highest BCUT2D eigenvalue weighted by Crippen LogP contribution is 2.23. The standard InChI is InChI=1S/C25H27ClN4O5S/c1-3-29(4-2)25(32)24(31)28-27-16-21-12-13-22(35-21)18-30(17-19-8-6-5-7-9-19)36(33,34)23-14-10-20(26)11-15-23/h5-16H,3-4,17-18H2,1-2H3,(H,28,31)/b27-16+. The maximum Gasteiger partial charge on any atom is 0.329 e. The maximum atomic E-state index is 13.4. The summed E-state index contributed by atoms with van der Waals surface area (Å²) in [4.78, 5) is 25.4. The molecule has 0 atom stereocenters. The first-order valence-corrected chi connectivity index (χ1v) is 13.1. The number of sulfonamides is 1. The number of amides is 2. The summed E-state index contributed by atoms with van der Waals surface area (Å²) in [6.07, 6.45) is 1.24. The van der Waals surface area contributed by atoms with E-state index in [9.17, 15) is 18.0 Å². The first-order chi connectivity index (χ1) is 17.2. The first kappa shape index (κ1) is 27.1. The molecule has 190 valence electrons. The summed E-state index contributed by atoms with van der Waals surface area (Å²) in [7, 11) is -3.87. The van der Waals surface area contributed by atoms with Crippen molar-refractivity contribution >= 4 is 39.7 Å². The Kier molecular flexibility index (Phi) is 9.40. The molecular weight excluding hydrogens is 504 g/mol. The molecule has 3 rings (SSSR count). The first-order valence-electron chi connectivity index (χ1n) is 11.2. The number of hydrogen-bond donors (Lipinski definition) is 1. The monoisotopic (exact) mass is 530 g/mol. The molecule has 9 nitrogen and oxygen atoms in total. The van der Waals surface area contributed by atoms with Crippen LogP contribution in [0.4, 0.5) is 0 Å². The van der Waals surface area contributed by atoms with E-state index in [4.69, 9.17) is 16.0 Å². The molecule has 11 heteroatoms. The number of hydrogen-bond acceptors (Lipinski definition) is 6. The van der Waals surface area contributed by atoms with Crippen molar-refractivity contribution in [3.8, 4) is 0 Å². The normalized spacial score (nSPS) is 11.7. The molecule has 0 spiro atoms. The number of likely N-dealkylation sites (N-methyl/N-ethyl adjacent to an activating group) is 1. The zero-order chi connectivity index (χ0) is 26.1. The second-order valence-electron chi connectivity index (χ2n) is 7.69. The van der Waals surface area contributed by atoms with Gasteiger partial charge in [0, 0.05) is 24.7 Å². The highest BCUT2D eigenvalue weighted by atomic mass is 35.5. The summed E-state index contributed by atoms with van der Waals surface area (Å²) in [6.45, 7) is 4.45. The Hall–Kier alpha value is -3.47. The lowest BCUT2D eigenvalue weighted by atomic mass is 10.2. The molecule has 1 heterocycles. The number of hydrazone groups is 1. The van der Waals surface area contributed by atoms with Crippen molar-refractivity contribution in [2.45, 2.75) is 31.8 Å². The van der Waals surface area contributed by atoms with Crippen LogP contribution in [0.2, 0.25) is 5.02 Å². The van der Waals surface area contributed by atoms with Gasteiger partial charge in [0.25, 0.3) is 0 Å². The van der Waals surface area contributed by atoms with Crippen molar-refractivity contribution in [2.24, 2.45) is 5.10 Å². The van der Waals surface area contributed by atoms with Crippen molar-refractivity contribution in [1.82, 2.24) is 14.6 Å². The fraction of sp³-hybridized carbons (Fsp3) is 0.240. The number of carbonyl (C=O) groups is 2. The van der Waals surface area contributed by atoms with E-state index < -0.39 is 21.8 Å². The van der Waals surface area contributed by atoms with E-state index in [0.717, 1.165) is 5.56 Å². The van der Waals surface area contributed by atoms with E-state index in [1.165, 1.54) is 39.7 Å². The zero-order valence-corrected chi connectivity index (χ0v) is 21.5. The van der Waals surface area contributed by atoms with Crippen LogP contribution in [-0.2, 0) is 32.7 Å². The quantitative estimate of drug-likeness (QED) is 0.244. The van der Waals surface area contributed by atoms with Crippen molar-refractivity contribution in [1.29, 1.82) is 0 Å².